The fourth-order valence-electron chi connectivity index (χ4n) is 2.09. The second-order valence-electron chi connectivity index (χ2n) is 6.03. The van der Waals surface area contributed by atoms with Crippen LogP contribution in [0.1, 0.15) is 36.9 Å². The Labute approximate surface area is 123 Å². The monoisotopic (exact) mass is 288 g/mol. The van der Waals surface area contributed by atoms with Crippen molar-refractivity contribution in [3.8, 4) is 0 Å². The summed E-state index contributed by atoms with van der Waals surface area (Å²) in [6.07, 6.45) is 0. The Bertz CT molecular complexity index is 680. The number of carbonyl (C=O) groups excluding carboxylic acids is 2. The number of furan rings is 1. The van der Waals surface area contributed by atoms with Crippen molar-refractivity contribution >= 4 is 22.8 Å². The van der Waals surface area contributed by atoms with Crippen molar-refractivity contribution in [1.82, 2.24) is 10.6 Å². The zero-order valence-electron chi connectivity index (χ0n) is 12.7. The van der Waals surface area contributed by atoms with Gasteiger partial charge in [0.25, 0.3) is 5.91 Å². The van der Waals surface area contributed by atoms with Gasteiger partial charge in [-0.2, -0.15) is 0 Å². The number of aryl methyl sites for hydroxylation is 1. The molecule has 2 rings (SSSR count). The van der Waals surface area contributed by atoms with Gasteiger partial charge >= 0.3 is 0 Å². The zero-order chi connectivity index (χ0) is 15.6. The quantitative estimate of drug-likeness (QED) is 0.911. The van der Waals surface area contributed by atoms with E-state index in [1.807, 2.05) is 52.0 Å². The number of hydrogen-bond donors (Lipinski definition) is 2. The van der Waals surface area contributed by atoms with Crippen molar-refractivity contribution < 1.29 is 14.0 Å². The van der Waals surface area contributed by atoms with Gasteiger partial charge in [0.15, 0.2) is 5.76 Å². The number of nitrogens with one attached hydrogen (secondary N) is 2. The van der Waals surface area contributed by atoms with Crippen LogP contribution in [0.4, 0.5) is 0 Å². The average molecular weight is 288 g/mol. The summed E-state index contributed by atoms with van der Waals surface area (Å²) < 4.78 is 5.55. The molecule has 0 aliphatic carbocycles. The van der Waals surface area contributed by atoms with E-state index in [-0.39, 0.29) is 29.7 Å². The minimum Gasteiger partial charge on any atom is -0.451 e. The Balaban J connectivity index is 2.06. The molecular formula is C16H20N2O3. The third-order valence-electron chi connectivity index (χ3n) is 2.97. The van der Waals surface area contributed by atoms with Gasteiger partial charge in [-0.15, -0.1) is 0 Å². The second kappa shape index (κ2) is 5.60. The summed E-state index contributed by atoms with van der Waals surface area (Å²) in [5.41, 5.74) is 1.12. The van der Waals surface area contributed by atoms with Crippen LogP contribution in [0.25, 0.3) is 11.0 Å². The minimum atomic E-state index is -0.382. The Morgan fingerprint density at radius 1 is 1.19 bits per heavy atom. The van der Waals surface area contributed by atoms with E-state index in [1.165, 1.54) is 0 Å². The molecule has 0 radical (unpaired) electrons. The summed E-state index contributed by atoms with van der Waals surface area (Å²) >= 11 is 0. The first-order chi connectivity index (χ1) is 9.78. The minimum absolute atomic E-state index is 0.0768. The average Bonchev–Trinajstić information content (AvgIpc) is 2.72. The Hall–Kier alpha value is -2.30. The molecule has 2 aromatic rings. The highest BCUT2D eigenvalue weighted by Gasteiger charge is 2.19. The molecule has 0 bridgehead atoms. The third kappa shape index (κ3) is 3.62. The lowest BCUT2D eigenvalue weighted by Gasteiger charge is -2.20. The number of para-hydroxylation sites is 1. The molecule has 0 atom stereocenters. The Morgan fingerprint density at radius 3 is 2.48 bits per heavy atom. The van der Waals surface area contributed by atoms with Gasteiger partial charge in [-0.3, -0.25) is 9.59 Å². The molecule has 112 valence electrons. The molecule has 0 fully saturated rings. The molecule has 5 heteroatoms. The van der Waals surface area contributed by atoms with Crippen LogP contribution in [0.3, 0.4) is 0 Å². The molecule has 0 saturated heterocycles. The van der Waals surface area contributed by atoms with Crippen LogP contribution in [0, 0.1) is 6.92 Å². The normalized spacial score (nSPS) is 11.4. The van der Waals surface area contributed by atoms with Gasteiger partial charge in [-0.05, 0) is 33.8 Å². The van der Waals surface area contributed by atoms with Crippen molar-refractivity contribution in [3.05, 3.63) is 35.6 Å². The first-order valence-electron chi connectivity index (χ1n) is 6.85. The highest BCUT2D eigenvalue weighted by Crippen LogP contribution is 2.24. The van der Waals surface area contributed by atoms with Crippen LogP contribution < -0.4 is 10.6 Å². The summed E-state index contributed by atoms with van der Waals surface area (Å²) in [4.78, 5) is 23.8. The molecule has 2 amide bonds. The number of benzene rings is 1. The van der Waals surface area contributed by atoms with Gasteiger partial charge in [0.05, 0.1) is 6.54 Å². The van der Waals surface area contributed by atoms with E-state index in [2.05, 4.69) is 10.6 Å². The fraction of sp³-hybridized carbons (Fsp3) is 0.375. The molecule has 0 aliphatic heterocycles. The largest absolute Gasteiger partial charge is 0.451 e. The van der Waals surface area contributed by atoms with Crippen LogP contribution in [0.2, 0.25) is 0 Å². The Kier molecular flexibility index (Phi) is 4.02. The molecule has 0 aliphatic rings. The van der Waals surface area contributed by atoms with E-state index in [0.29, 0.717) is 5.58 Å². The number of hydrogen-bond acceptors (Lipinski definition) is 3. The molecule has 0 saturated carbocycles. The SMILES string of the molecule is Cc1c(C(=O)NCC(=O)NC(C)(C)C)oc2ccccc12. The van der Waals surface area contributed by atoms with Crippen molar-refractivity contribution in [3.63, 3.8) is 0 Å². The Morgan fingerprint density at radius 2 is 1.86 bits per heavy atom. The van der Waals surface area contributed by atoms with E-state index < -0.39 is 0 Å². The van der Waals surface area contributed by atoms with Crippen LogP contribution in [-0.2, 0) is 4.79 Å². The predicted molar refractivity (Wildman–Crippen MR) is 81.2 cm³/mol. The maximum atomic E-state index is 12.1. The first kappa shape index (κ1) is 15.1. The maximum absolute atomic E-state index is 12.1. The first-order valence-corrected chi connectivity index (χ1v) is 6.85. The number of carbonyl (C=O) groups is 2. The molecule has 5 nitrogen and oxygen atoms in total. The topological polar surface area (TPSA) is 71.3 Å². The summed E-state index contributed by atoms with van der Waals surface area (Å²) in [6, 6.07) is 7.45. The van der Waals surface area contributed by atoms with Gasteiger partial charge in [0.1, 0.15) is 5.58 Å². The van der Waals surface area contributed by atoms with Crippen molar-refractivity contribution in [2.24, 2.45) is 0 Å². The fourth-order valence-corrected chi connectivity index (χ4v) is 2.09. The van der Waals surface area contributed by atoms with Crippen LogP contribution in [-0.4, -0.2) is 23.9 Å². The number of amides is 2. The number of fused-ring (bicyclic) bond motifs is 1. The van der Waals surface area contributed by atoms with E-state index in [4.69, 9.17) is 4.42 Å². The van der Waals surface area contributed by atoms with Crippen molar-refractivity contribution in [2.45, 2.75) is 33.2 Å². The van der Waals surface area contributed by atoms with Crippen LogP contribution >= 0.6 is 0 Å². The lowest BCUT2D eigenvalue weighted by atomic mass is 10.1. The van der Waals surface area contributed by atoms with E-state index in [0.717, 1.165) is 10.9 Å². The molecular weight excluding hydrogens is 268 g/mol. The van der Waals surface area contributed by atoms with Gasteiger partial charge in [-0.1, -0.05) is 18.2 Å². The molecule has 0 unspecified atom stereocenters. The third-order valence-corrected chi connectivity index (χ3v) is 2.97. The summed E-state index contributed by atoms with van der Waals surface area (Å²) in [5.74, 6) is -0.364. The van der Waals surface area contributed by atoms with Crippen LogP contribution in [0.5, 0.6) is 0 Å². The molecule has 1 aromatic heterocycles. The van der Waals surface area contributed by atoms with Gasteiger partial charge < -0.3 is 15.1 Å². The highest BCUT2D eigenvalue weighted by atomic mass is 16.3. The molecule has 1 heterocycles. The van der Waals surface area contributed by atoms with E-state index >= 15 is 0 Å². The highest BCUT2D eigenvalue weighted by molar-refractivity contribution is 6.00. The smallest absolute Gasteiger partial charge is 0.287 e. The summed E-state index contributed by atoms with van der Waals surface area (Å²) in [7, 11) is 0. The van der Waals surface area contributed by atoms with Gasteiger partial charge in [-0.25, -0.2) is 0 Å². The van der Waals surface area contributed by atoms with Crippen molar-refractivity contribution in [1.29, 1.82) is 0 Å². The predicted octanol–water partition coefficient (Wildman–Crippen LogP) is 2.39. The van der Waals surface area contributed by atoms with Gasteiger partial charge in [0, 0.05) is 16.5 Å². The lowest BCUT2D eigenvalue weighted by molar-refractivity contribution is -0.121. The second-order valence-corrected chi connectivity index (χ2v) is 6.03. The molecule has 2 N–H and O–H groups in total. The standard InChI is InChI=1S/C16H20N2O3/c1-10-11-7-5-6-8-12(11)21-14(10)15(20)17-9-13(19)18-16(2,3)4/h5-8H,9H2,1-4H3,(H,17,20)(H,18,19). The van der Waals surface area contributed by atoms with E-state index in [1.54, 1.807) is 0 Å². The van der Waals surface area contributed by atoms with E-state index in [9.17, 15) is 9.59 Å². The molecule has 0 spiro atoms. The lowest BCUT2D eigenvalue weighted by Crippen LogP contribution is -2.45. The molecule has 1 aromatic carbocycles. The summed E-state index contributed by atoms with van der Waals surface area (Å²) in [5, 5.41) is 6.27. The van der Waals surface area contributed by atoms with Crippen LogP contribution in [0.15, 0.2) is 28.7 Å². The molecule has 21 heavy (non-hydrogen) atoms. The van der Waals surface area contributed by atoms with Gasteiger partial charge in [0.2, 0.25) is 5.91 Å². The maximum Gasteiger partial charge on any atom is 0.287 e. The van der Waals surface area contributed by atoms with Crippen molar-refractivity contribution in [2.75, 3.05) is 6.54 Å². The summed E-state index contributed by atoms with van der Waals surface area (Å²) in [6.45, 7) is 7.41. The number of rotatable bonds is 3. The zero-order valence-corrected chi connectivity index (χ0v) is 12.7.